The number of pyridine rings is 1. The van der Waals surface area contributed by atoms with Crippen LogP contribution in [0.25, 0.3) is 10.9 Å². The van der Waals surface area contributed by atoms with Gasteiger partial charge in [-0.1, -0.05) is 34.1 Å². The van der Waals surface area contributed by atoms with Gasteiger partial charge in [-0.3, -0.25) is 9.78 Å². The summed E-state index contributed by atoms with van der Waals surface area (Å²) in [6.45, 7) is 3.18. The van der Waals surface area contributed by atoms with Gasteiger partial charge in [-0.25, -0.2) is 0 Å². The molecule has 0 aliphatic rings. The molecule has 0 saturated heterocycles. The molecule has 1 N–H and O–H groups in total. The Bertz CT molecular complexity index is 616. The zero-order valence-corrected chi connectivity index (χ0v) is 13.1. The van der Waals surface area contributed by atoms with Crippen LogP contribution in [0.2, 0.25) is 0 Å². The molecular weight excluding hydrogens is 320 g/mol. The lowest BCUT2D eigenvalue weighted by Gasteiger charge is -2.11. The third-order valence-corrected chi connectivity index (χ3v) is 3.72. The van der Waals surface area contributed by atoms with E-state index in [2.05, 4.69) is 43.1 Å². The number of benzene rings is 1. The van der Waals surface area contributed by atoms with Crippen molar-refractivity contribution in [2.24, 2.45) is 0 Å². The molecule has 106 valence electrons. The van der Waals surface area contributed by atoms with Gasteiger partial charge in [0.25, 0.3) is 0 Å². The second kappa shape index (κ2) is 6.81. The lowest BCUT2D eigenvalue weighted by Crippen LogP contribution is -2.29. The first-order valence-corrected chi connectivity index (χ1v) is 7.31. The molecule has 1 unspecified atom stereocenters. The van der Waals surface area contributed by atoms with Crippen LogP contribution in [0, 0.1) is 6.92 Å². The molecule has 1 heterocycles. The second-order valence-electron chi connectivity index (χ2n) is 4.56. The maximum atomic E-state index is 11.3. The van der Waals surface area contributed by atoms with Gasteiger partial charge in [0, 0.05) is 24.2 Å². The van der Waals surface area contributed by atoms with E-state index in [0.29, 0.717) is 13.1 Å². The van der Waals surface area contributed by atoms with Crippen molar-refractivity contribution >= 4 is 32.8 Å². The van der Waals surface area contributed by atoms with Gasteiger partial charge >= 0.3 is 5.97 Å². The number of nitrogens with one attached hydrogen (secondary N) is 1. The van der Waals surface area contributed by atoms with Crippen molar-refractivity contribution in [1.82, 2.24) is 10.3 Å². The fourth-order valence-electron chi connectivity index (χ4n) is 2.09. The van der Waals surface area contributed by atoms with E-state index in [1.54, 1.807) is 0 Å². The molecule has 5 heteroatoms. The number of carbonyl (C=O) groups is 1. The number of hydrogen-bond donors (Lipinski definition) is 1. The molecule has 0 amide bonds. The van der Waals surface area contributed by atoms with Crippen LogP contribution in [0.15, 0.2) is 30.3 Å². The fraction of sp³-hybridized carbons (Fsp3) is 0.333. The summed E-state index contributed by atoms with van der Waals surface area (Å²) in [6.07, 6.45) is 0. The first-order chi connectivity index (χ1) is 9.61. The molecule has 1 aromatic carbocycles. The van der Waals surface area contributed by atoms with Crippen LogP contribution in [0.1, 0.15) is 11.3 Å². The minimum Gasteiger partial charge on any atom is -0.468 e. The summed E-state index contributed by atoms with van der Waals surface area (Å²) in [5, 5.41) is 4.39. The predicted molar refractivity (Wildman–Crippen MR) is 82.9 cm³/mol. The van der Waals surface area contributed by atoms with Crippen LogP contribution >= 0.6 is 15.9 Å². The number of aryl methyl sites for hydroxylation is 1. The van der Waals surface area contributed by atoms with Crippen LogP contribution in [0.4, 0.5) is 0 Å². The molecule has 2 rings (SSSR count). The average Bonchev–Trinajstić information content (AvgIpc) is 2.45. The Labute approximate surface area is 126 Å². The maximum absolute atomic E-state index is 11.3. The number of methoxy groups -OCH3 is 1. The van der Waals surface area contributed by atoms with Crippen molar-refractivity contribution in [1.29, 1.82) is 0 Å². The van der Waals surface area contributed by atoms with Crippen LogP contribution in [0.5, 0.6) is 0 Å². The molecule has 0 aliphatic heterocycles. The minimum absolute atomic E-state index is 0.270. The highest BCUT2D eigenvalue weighted by atomic mass is 79.9. The monoisotopic (exact) mass is 336 g/mol. The number of fused-ring (bicyclic) bond motifs is 1. The van der Waals surface area contributed by atoms with Crippen LogP contribution in [-0.4, -0.2) is 29.4 Å². The van der Waals surface area contributed by atoms with Crippen molar-refractivity contribution < 1.29 is 9.53 Å². The Kier molecular flexibility index (Phi) is 5.09. The summed E-state index contributed by atoms with van der Waals surface area (Å²) in [6, 6.07) is 10.1. The van der Waals surface area contributed by atoms with E-state index < -0.39 is 0 Å². The molecule has 1 aromatic heterocycles. The largest absolute Gasteiger partial charge is 0.468 e. The summed E-state index contributed by atoms with van der Waals surface area (Å²) in [4.78, 5) is 15.5. The van der Waals surface area contributed by atoms with E-state index in [1.165, 1.54) is 12.7 Å². The molecule has 0 spiro atoms. The lowest BCUT2D eigenvalue weighted by atomic mass is 10.1. The van der Waals surface area contributed by atoms with E-state index in [-0.39, 0.29) is 10.8 Å². The minimum atomic E-state index is -0.332. The molecule has 20 heavy (non-hydrogen) atoms. The van der Waals surface area contributed by atoms with E-state index >= 15 is 0 Å². The van der Waals surface area contributed by atoms with Crippen molar-refractivity contribution in [3.8, 4) is 0 Å². The van der Waals surface area contributed by atoms with Crippen molar-refractivity contribution in [3.05, 3.63) is 41.6 Å². The molecule has 2 aromatic rings. The van der Waals surface area contributed by atoms with E-state index in [1.807, 2.05) is 25.1 Å². The lowest BCUT2D eigenvalue weighted by molar-refractivity contribution is -0.139. The summed E-state index contributed by atoms with van der Waals surface area (Å²) in [5.41, 5.74) is 3.16. The van der Waals surface area contributed by atoms with E-state index in [9.17, 15) is 4.79 Å². The number of nitrogens with zero attached hydrogens (tertiary/aromatic N) is 1. The number of ether oxygens (including phenoxy) is 1. The van der Waals surface area contributed by atoms with Gasteiger partial charge in [0.05, 0.1) is 12.6 Å². The van der Waals surface area contributed by atoms with Gasteiger partial charge in [0.15, 0.2) is 0 Å². The number of rotatable bonds is 5. The molecule has 0 saturated carbocycles. The van der Waals surface area contributed by atoms with E-state index in [0.717, 1.165) is 16.6 Å². The first-order valence-electron chi connectivity index (χ1n) is 6.39. The van der Waals surface area contributed by atoms with Gasteiger partial charge in [0.2, 0.25) is 0 Å². The molecule has 0 radical (unpaired) electrons. The smallest absolute Gasteiger partial charge is 0.320 e. The number of halogens is 1. The number of esters is 1. The summed E-state index contributed by atoms with van der Waals surface area (Å²) in [5.74, 6) is -0.270. The molecule has 0 bridgehead atoms. The highest BCUT2D eigenvalue weighted by Crippen LogP contribution is 2.18. The Morgan fingerprint density at radius 1 is 1.45 bits per heavy atom. The van der Waals surface area contributed by atoms with Crippen LogP contribution < -0.4 is 5.32 Å². The zero-order chi connectivity index (χ0) is 14.5. The van der Waals surface area contributed by atoms with Crippen LogP contribution in [0.3, 0.4) is 0 Å². The van der Waals surface area contributed by atoms with Gasteiger partial charge in [-0.15, -0.1) is 0 Å². The molecule has 4 nitrogen and oxygen atoms in total. The molecule has 1 atom stereocenters. The van der Waals surface area contributed by atoms with Crippen molar-refractivity contribution in [3.63, 3.8) is 0 Å². The second-order valence-corrected chi connectivity index (χ2v) is 5.67. The number of alkyl halides is 1. The highest BCUT2D eigenvalue weighted by Gasteiger charge is 2.14. The Hall–Kier alpha value is -1.46. The third kappa shape index (κ3) is 3.55. The maximum Gasteiger partial charge on any atom is 0.320 e. The summed E-state index contributed by atoms with van der Waals surface area (Å²) < 4.78 is 4.67. The number of carbonyl (C=O) groups excluding carboxylic acids is 1. The zero-order valence-electron chi connectivity index (χ0n) is 11.5. The number of aromatic nitrogens is 1. The number of hydrogen-bond acceptors (Lipinski definition) is 4. The number of para-hydroxylation sites is 1. The Morgan fingerprint density at radius 3 is 2.95 bits per heavy atom. The van der Waals surface area contributed by atoms with E-state index in [4.69, 9.17) is 0 Å². The Balaban J connectivity index is 2.08. The molecular formula is C15H17BrN2O2. The quantitative estimate of drug-likeness (QED) is 0.673. The summed E-state index contributed by atoms with van der Waals surface area (Å²) in [7, 11) is 1.39. The van der Waals surface area contributed by atoms with Crippen LogP contribution in [-0.2, 0) is 16.1 Å². The third-order valence-electron chi connectivity index (χ3n) is 3.03. The predicted octanol–water partition coefficient (Wildman–Crippen LogP) is 2.57. The SMILES string of the molecule is COC(=O)C(Br)CNCc1cc(C)nc2ccccc12. The highest BCUT2D eigenvalue weighted by molar-refractivity contribution is 9.10. The molecule has 0 fully saturated rings. The van der Waals surface area contributed by atoms with Gasteiger partial charge in [-0.2, -0.15) is 0 Å². The Morgan fingerprint density at radius 2 is 2.20 bits per heavy atom. The summed E-state index contributed by atoms with van der Waals surface area (Å²) >= 11 is 3.29. The normalized spacial score (nSPS) is 12.3. The first kappa shape index (κ1) is 14.9. The van der Waals surface area contributed by atoms with Crippen molar-refractivity contribution in [2.45, 2.75) is 18.3 Å². The van der Waals surface area contributed by atoms with Gasteiger partial charge < -0.3 is 10.1 Å². The molecule has 0 aliphatic carbocycles. The topological polar surface area (TPSA) is 51.2 Å². The van der Waals surface area contributed by atoms with Crippen molar-refractivity contribution in [2.75, 3.05) is 13.7 Å². The van der Waals surface area contributed by atoms with Gasteiger partial charge in [0.1, 0.15) is 4.83 Å². The fourth-order valence-corrected chi connectivity index (χ4v) is 2.50. The van der Waals surface area contributed by atoms with Gasteiger partial charge in [-0.05, 0) is 24.6 Å². The average molecular weight is 337 g/mol. The standard InChI is InChI=1S/C15H17BrN2O2/c1-10-7-11(8-17-9-13(16)15(19)20-2)12-5-3-4-6-14(12)18-10/h3-7,13,17H,8-9H2,1-2H3.